The number of amides is 1. The number of imidazole rings is 1. The summed E-state index contributed by atoms with van der Waals surface area (Å²) in [6.07, 6.45) is -10.0. The Labute approximate surface area is 190 Å². The molecule has 1 saturated heterocycles. The van der Waals surface area contributed by atoms with E-state index >= 15 is 0 Å². The maximum absolute atomic E-state index is 13.1. The molecule has 2 aromatic carbocycles. The normalized spacial score (nSPS) is 15.7. The van der Waals surface area contributed by atoms with Gasteiger partial charge in [-0.05, 0) is 30.3 Å². The van der Waals surface area contributed by atoms with E-state index in [1.165, 1.54) is 4.90 Å². The lowest BCUT2D eigenvalue weighted by molar-refractivity contribution is -0.143. The van der Waals surface area contributed by atoms with Gasteiger partial charge in [0.15, 0.2) is 0 Å². The van der Waals surface area contributed by atoms with E-state index < -0.39 is 35.0 Å². The summed E-state index contributed by atoms with van der Waals surface area (Å²) in [7, 11) is 1.56. The lowest BCUT2D eigenvalue weighted by atomic mass is 10.0. The summed E-state index contributed by atoms with van der Waals surface area (Å²) in [4.78, 5) is 23.7. The molecule has 1 aromatic heterocycles. The third-order valence-corrected chi connectivity index (χ3v) is 5.61. The first-order valence-corrected chi connectivity index (χ1v) is 10.3. The van der Waals surface area contributed by atoms with Crippen LogP contribution in [-0.2, 0) is 18.9 Å². The van der Waals surface area contributed by atoms with E-state index in [1.807, 2.05) is 17.0 Å². The molecular weight excluding hydrogens is 466 g/mol. The van der Waals surface area contributed by atoms with Crippen molar-refractivity contribution >= 4 is 16.9 Å². The second kappa shape index (κ2) is 8.82. The van der Waals surface area contributed by atoms with Crippen molar-refractivity contribution in [2.45, 2.75) is 18.9 Å². The standard InChI is InChI=1S/C22H20F6N4O2/c1-34-16-2-3-17-18(11-16)30-19(29-17)12-31-4-6-32(7-5-31)20(33)13-8-14(21(23,24)25)10-15(9-13)22(26,27)28/h2-3,8-11H,4-7,12H2,1H3,(H,29,30). The number of ether oxygens (including phenoxy) is 1. The van der Waals surface area contributed by atoms with E-state index in [1.54, 1.807) is 13.2 Å². The number of H-pyrrole nitrogens is 1. The number of aromatic amines is 1. The lowest BCUT2D eigenvalue weighted by Crippen LogP contribution is -2.48. The summed E-state index contributed by atoms with van der Waals surface area (Å²) >= 11 is 0. The van der Waals surface area contributed by atoms with Gasteiger partial charge < -0.3 is 14.6 Å². The van der Waals surface area contributed by atoms with Crippen LogP contribution in [0.4, 0.5) is 26.3 Å². The van der Waals surface area contributed by atoms with Crippen LogP contribution in [0.1, 0.15) is 27.3 Å². The zero-order valence-corrected chi connectivity index (χ0v) is 17.9. The van der Waals surface area contributed by atoms with Gasteiger partial charge in [-0.1, -0.05) is 0 Å². The Balaban J connectivity index is 1.44. The molecule has 3 aromatic rings. The van der Waals surface area contributed by atoms with Crippen LogP contribution in [0.15, 0.2) is 36.4 Å². The summed E-state index contributed by atoms with van der Waals surface area (Å²) in [5.74, 6) is 0.501. The van der Waals surface area contributed by atoms with Gasteiger partial charge in [-0.25, -0.2) is 4.98 Å². The predicted octanol–water partition coefficient (Wildman–Crippen LogP) is 4.57. The van der Waals surface area contributed by atoms with Crippen LogP contribution in [0, 0.1) is 0 Å². The van der Waals surface area contributed by atoms with Crippen molar-refractivity contribution in [1.82, 2.24) is 19.8 Å². The number of methoxy groups -OCH3 is 1. The molecule has 0 spiro atoms. The Morgan fingerprint density at radius 1 is 0.971 bits per heavy atom. The molecule has 0 bridgehead atoms. The highest BCUT2D eigenvalue weighted by atomic mass is 19.4. The maximum Gasteiger partial charge on any atom is 0.416 e. The molecule has 182 valence electrons. The highest BCUT2D eigenvalue weighted by molar-refractivity contribution is 5.94. The number of carbonyl (C=O) groups excluding carboxylic acids is 1. The first-order valence-electron chi connectivity index (χ1n) is 10.3. The van der Waals surface area contributed by atoms with Gasteiger partial charge >= 0.3 is 12.4 Å². The van der Waals surface area contributed by atoms with Crippen molar-refractivity contribution in [2.24, 2.45) is 0 Å². The van der Waals surface area contributed by atoms with Crippen molar-refractivity contribution in [2.75, 3.05) is 33.3 Å². The zero-order valence-electron chi connectivity index (χ0n) is 17.9. The summed E-state index contributed by atoms with van der Waals surface area (Å²) in [6, 6.07) is 6.36. The number of halogens is 6. The number of benzene rings is 2. The van der Waals surface area contributed by atoms with E-state index in [9.17, 15) is 31.1 Å². The fraction of sp³-hybridized carbons (Fsp3) is 0.364. The monoisotopic (exact) mass is 486 g/mol. The third kappa shape index (κ3) is 5.11. The van der Waals surface area contributed by atoms with Crippen LogP contribution >= 0.6 is 0 Å². The van der Waals surface area contributed by atoms with Gasteiger partial charge in [0.25, 0.3) is 5.91 Å². The van der Waals surface area contributed by atoms with Gasteiger partial charge in [-0.15, -0.1) is 0 Å². The Bertz CT molecular complexity index is 1160. The van der Waals surface area contributed by atoms with Gasteiger partial charge in [0, 0.05) is 37.8 Å². The highest BCUT2D eigenvalue weighted by Crippen LogP contribution is 2.36. The number of fused-ring (bicyclic) bond motifs is 1. The van der Waals surface area contributed by atoms with Crippen molar-refractivity contribution in [3.63, 3.8) is 0 Å². The average Bonchev–Trinajstić information content (AvgIpc) is 3.19. The topological polar surface area (TPSA) is 61.5 Å². The molecule has 2 heterocycles. The van der Waals surface area contributed by atoms with Crippen LogP contribution in [0.3, 0.4) is 0 Å². The molecule has 4 rings (SSSR count). The molecule has 1 aliphatic rings. The minimum atomic E-state index is -5.01. The lowest BCUT2D eigenvalue weighted by Gasteiger charge is -2.34. The van der Waals surface area contributed by atoms with E-state index in [2.05, 4.69) is 9.97 Å². The summed E-state index contributed by atoms with van der Waals surface area (Å²) in [5.41, 5.74) is -2.10. The molecule has 1 N–H and O–H groups in total. The number of rotatable bonds is 4. The average molecular weight is 486 g/mol. The van der Waals surface area contributed by atoms with E-state index in [0.717, 1.165) is 11.0 Å². The molecule has 0 radical (unpaired) electrons. The summed E-state index contributed by atoms with van der Waals surface area (Å²) < 4.78 is 83.8. The number of nitrogens with one attached hydrogen (secondary N) is 1. The number of piperazine rings is 1. The fourth-order valence-electron chi connectivity index (χ4n) is 3.83. The van der Waals surface area contributed by atoms with Crippen LogP contribution in [0.2, 0.25) is 0 Å². The molecule has 0 unspecified atom stereocenters. The summed E-state index contributed by atoms with van der Waals surface area (Å²) in [5, 5.41) is 0. The predicted molar refractivity (Wildman–Crippen MR) is 110 cm³/mol. The molecule has 12 heteroatoms. The first-order chi connectivity index (χ1) is 15.9. The quantitative estimate of drug-likeness (QED) is 0.549. The number of nitrogens with zero attached hydrogens (tertiary/aromatic N) is 3. The van der Waals surface area contributed by atoms with Gasteiger partial charge in [0.2, 0.25) is 0 Å². The van der Waals surface area contributed by atoms with Gasteiger partial charge in [0.05, 0.1) is 35.8 Å². The van der Waals surface area contributed by atoms with Crippen molar-refractivity contribution in [1.29, 1.82) is 0 Å². The van der Waals surface area contributed by atoms with Crippen LogP contribution in [0.25, 0.3) is 11.0 Å². The Morgan fingerprint density at radius 3 is 2.15 bits per heavy atom. The van der Waals surface area contributed by atoms with E-state index in [-0.39, 0.29) is 19.2 Å². The minimum absolute atomic E-state index is 0.0115. The maximum atomic E-state index is 13.1. The Kier molecular flexibility index (Phi) is 6.19. The molecule has 1 amide bonds. The molecule has 34 heavy (non-hydrogen) atoms. The molecule has 0 saturated carbocycles. The highest BCUT2D eigenvalue weighted by Gasteiger charge is 2.38. The van der Waals surface area contributed by atoms with Gasteiger partial charge in [-0.3, -0.25) is 9.69 Å². The zero-order chi connectivity index (χ0) is 24.7. The number of carbonyl (C=O) groups is 1. The van der Waals surface area contributed by atoms with Crippen LogP contribution < -0.4 is 4.74 Å². The van der Waals surface area contributed by atoms with E-state index in [0.29, 0.717) is 43.3 Å². The third-order valence-electron chi connectivity index (χ3n) is 5.61. The van der Waals surface area contributed by atoms with Gasteiger partial charge in [-0.2, -0.15) is 26.3 Å². The second-order valence-electron chi connectivity index (χ2n) is 7.93. The van der Waals surface area contributed by atoms with Gasteiger partial charge in [0.1, 0.15) is 11.6 Å². The van der Waals surface area contributed by atoms with Crippen molar-refractivity contribution in [3.05, 3.63) is 58.9 Å². The summed E-state index contributed by atoms with van der Waals surface area (Å²) in [6.45, 7) is 1.53. The largest absolute Gasteiger partial charge is 0.497 e. The molecule has 0 aliphatic carbocycles. The Hall–Kier alpha value is -3.28. The molecule has 1 aliphatic heterocycles. The first kappa shape index (κ1) is 23.9. The Morgan fingerprint density at radius 2 is 1.59 bits per heavy atom. The number of aromatic nitrogens is 2. The number of hydrogen-bond acceptors (Lipinski definition) is 4. The fourth-order valence-corrected chi connectivity index (χ4v) is 3.83. The van der Waals surface area contributed by atoms with Crippen molar-refractivity contribution in [3.8, 4) is 5.75 Å². The minimum Gasteiger partial charge on any atom is -0.497 e. The van der Waals surface area contributed by atoms with Crippen LogP contribution in [0.5, 0.6) is 5.75 Å². The second-order valence-corrected chi connectivity index (χ2v) is 7.93. The molecule has 6 nitrogen and oxygen atoms in total. The smallest absolute Gasteiger partial charge is 0.416 e. The van der Waals surface area contributed by atoms with E-state index in [4.69, 9.17) is 4.74 Å². The number of alkyl halides is 6. The van der Waals surface area contributed by atoms with Crippen LogP contribution in [-0.4, -0.2) is 59.0 Å². The number of hydrogen-bond donors (Lipinski definition) is 1. The molecular formula is C22H20F6N4O2. The molecule has 0 atom stereocenters. The van der Waals surface area contributed by atoms with Crippen molar-refractivity contribution < 1.29 is 35.9 Å². The molecule has 1 fully saturated rings. The SMILES string of the molecule is COc1ccc2nc(CN3CCN(C(=O)c4cc(C(F)(F)F)cc(C(F)(F)F)c4)CC3)[nH]c2c1.